The molecule has 1 fully saturated rings. The number of methoxy groups -OCH3 is 1. The van der Waals surface area contributed by atoms with Gasteiger partial charge in [-0.15, -0.1) is 0 Å². The molecule has 1 aliphatic heterocycles. The first kappa shape index (κ1) is 19.2. The SMILES string of the molecule is COc1ccc(Oc2ccc(CN3CC(OS(C)(=O)=O)CC3=O)cc2)cc1. The molecule has 1 heterocycles. The molecule has 1 atom stereocenters. The Morgan fingerprint density at radius 2 is 1.56 bits per heavy atom. The summed E-state index contributed by atoms with van der Waals surface area (Å²) in [4.78, 5) is 13.6. The van der Waals surface area contributed by atoms with Gasteiger partial charge in [0.05, 0.1) is 19.8 Å². The molecule has 1 saturated heterocycles. The number of ether oxygens (including phenoxy) is 2. The average molecular weight is 391 g/mol. The number of carbonyl (C=O) groups excluding carboxylic acids is 1. The molecule has 27 heavy (non-hydrogen) atoms. The summed E-state index contributed by atoms with van der Waals surface area (Å²) in [7, 11) is -1.96. The number of carbonyl (C=O) groups is 1. The maximum atomic E-state index is 12.1. The van der Waals surface area contributed by atoms with E-state index in [0.717, 1.165) is 17.6 Å². The van der Waals surface area contributed by atoms with Crippen LogP contribution < -0.4 is 9.47 Å². The van der Waals surface area contributed by atoms with Crippen LogP contribution in [-0.2, 0) is 25.6 Å². The van der Waals surface area contributed by atoms with Crippen LogP contribution in [0.25, 0.3) is 0 Å². The minimum Gasteiger partial charge on any atom is -0.497 e. The van der Waals surface area contributed by atoms with E-state index < -0.39 is 16.2 Å². The van der Waals surface area contributed by atoms with Crippen LogP contribution in [0.5, 0.6) is 17.2 Å². The molecular formula is C19H21NO6S. The number of hydrogen-bond acceptors (Lipinski definition) is 6. The van der Waals surface area contributed by atoms with E-state index in [1.165, 1.54) is 0 Å². The fourth-order valence-corrected chi connectivity index (χ4v) is 3.49. The molecule has 0 aliphatic carbocycles. The Hall–Kier alpha value is -2.58. The highest BCUT2D eigenvalue weighted by atomic mass is 32.2. The molecule has 1 unspecified atom stereocenters. The second kappa shape index (κ2) is 7.98. The molecule has 1 amide bonds. The molecule has 0 aromatic heterocycles. The number of benzene rings is 2. The highest BCUT2D eigenvalue weighted by molar-refractivity contribution is 7.86. The van der Waals surface area contributed by atoms with Gasteiger partial charge in [0.25, 0.3) is 10.1 Å². The van der Waals surface area contributed by atoms with Gasteiger partial charge in [0, 0.05) is 13.1 Å². The summed E-state index contributed by atoms with van der Waals surface area (Å²) in [6, 6.07) is 14.7. The molecule has 8 heteroatoms. The predicted octanol–water partition coefficient (Wildman–Crippen LogP) is 2.56. The Balaban J connectivity index is 1.58. The second-order valence-electron chi connectivity index (χ2n) is 6.32. The van der Waals surface area contributed by atoms with Crippen LogP contribution in [-0.4, -0.2) is 45.2 Å². The lowest BCUT2D eigenvalue weighted by Gasteiger charge is -2.16. The van der Waals surface area contributed by atoms with Gasteiger partial charge in [-0.05, 0) is 42.0 Å². The lowest BCUT2D eigenvalue weighted by Crippen LogP contribution is -2.26. The largest absolute Gasteiger partial charge is 0.497 e. The monoisotopic (exact) mass is 391 g/mol. The molecule has 0 bridgehead atoms. The minimum absolute atomic E-state index is 0.0751. The van der Waals surface area contributed by atoms with Crippen LogP contribution in [0.4, 0.5) is 0 Å². The zero-order valence-corrected chi connectivity index (χ0v) is 15.9. The van der Waals surface area contributed by atoms with Crippen LogP contribution >= 0.6 is 0 Å². The first-order valence-corrected chi connectivity index (χ1v) is 10.2. The van der Waals surface area contributed by atoms with Gasteiger partial charge in [-0.2, -0.15) is 8.42 Å². The zero-order chi connectivity index (χ0) is 19.4. The smallest absolute Gasteiger partial charge is 0.264 e. The average Bonchev–Trinajstić information content (AvgIpc) is 2.94. The number of rotatable bonds is 7. The molecule has 2 aromatic carbocycles. The summed E-state index contributed by atoms with van der Waals surface area (Å²) in [6.07, 6.45) is 0.443. The Bertz CT molecular complexity index is 893. The third kappa shape index (κ3) is 5.45. The van der Waals surface area contributed by atoms with Gasteiger partial charge in [0.2, 0.25) is 5.91 Å². The van der Waals surface area contributed by atoms with Gasteiger partial charge in [0.1, 0.15) is 23.4 Å². The van der Waals surface area contributed by atoms with Crippen LogP contribution in [0.15, 0.2) is 48.5 Å². The van der Waals surface area contributed by atoms with Crippen molar-refractivity contribution in [2.75, 3.05) is 19.9 Å². The number of amides is 1. The molecule has 0 radical (unpaired) electrons. The van der Waals surface area contributed by atoms with Crippen molar-refractivity contribution in [1.29, 1.82) is 0 Å². The summed E-state index contributed by atoms with van der Waals surface area (Å²) in [5.74, 6) is 2.00. The maximum Gasteiger partial charge on any atom is 0.264 e. The summed E-state index contributed by atoms with van der Waals surface area (Å²) >= 11 is 0. The highest BCUT2D eigenvalue weighted by Gasteiger charge is 2.32. The fraction of sp³-hybridized carbons (Fsp3) is 0.316. The summed E-state index contributed by atoms with van der Waals surface area (Å²) < 4.78 is 38.2. The van der Waals surface area contributed by atoms with E-state index in [1.54, 1.807) is 12.0 Å². The van der Waals surface area contributed by atoms with E-state index in [2.05, 4.69) is 0 Å². The van der Waals surface area contributed by atoms with Gasteiger partial charge >= 0.3 is 0 Å². The number of nitrogens with zero attached hydrogens (tertiary/aromatic N) is 1. The molecule has 7 nitrogen and oxygen atoms in total. The van der Waals surface area contributed by atoms with Crippen LogP contribution in [0.1, 0.15) is 12.0 Å². The molecule has 0 spiro atoms. The van der Waals surface area contributed by atoms with E-state index in [1.807, 2.05) is 48.5 Å². The van der Waals surface area contributed by atoms with Crippen molar-refractivity contribution in [3.8, 4) is 17.2 Å². The molecule has 1 aliphatic rings. The Kier molecular flexibility index (Phi) is 5.67. The summed E-state index contributed by atoms with van der Waals surface area (Å²) in [6.45, 7) is 0.654. The summed E-state index contributed by atoms with van der Waals surface area (Å²) in [5.41, 5.74) is 0.922. The van der Waals surface area contributed by atoms with Crippen molar-refractivity contribution in [3.05, 3.63) is 54.1 Å². The number of hydrogen-bond donors (Lipinski definition) is 0. The van der Waals surface area contributed by atoms with E-state index >= 15 is 0 Å². The normalized spacial score (nSPS) is 17.2. The number of likely N-dealkylation sites (tertiary alicyclic amines) is 1. The zero-order valence-electron chi connectivity index (χ0n) is 15.1. The second-order valence-corrected chi connectivity index (χ2v) is 7.92. The standard InChI is InChI=1S/C19H21NO6S/c1-24-15-7-9-17(10-8-15)25-16-5-3-14(4-6-16)12-20-13-18(11-19(20)21)26-27(2,22)23/h3-10,18H,11-13H2,1-2H3. The molecule has 0 saturated carbocycles. The molecule has 144 valence electrons. The minimum atomic E-state index is -3.57. The quantitative estimate of drug-likeness (QED) is 0.675. The van der Waals surface area contributed by atoms with Crippen molar-refractivity contribution in [3.63, 3.8) is 0 Å². The third-order valence-electron chi connectivity index (χ3n) is 4.08. The van der Waals surface area contributed by atoms with Crippen LogP contribution in [0, 0.1) is 0 Å². The Morgan fingerprint density at radius 1 is 1.00 bits per heavy atom. The molecular weight excluding hydrogens is 370 g/mol. The van der Waals surface area contributed by atoms with E-state index in [-0.39, 0.29) is 18.9 Å². The molecule has 3 rings (SSSR count). The highest BCUT2D eigenvalue weighted by Crippen LogP contribution is 2.25. The van der Waals surface area contributed by atoms with Crippen LogP contribution in [0.3, 0.4) is 0 Å². The van der Waals surface area contributed by atoms with Gasteiger partial charge in [-0.1, -0.05) is 12.1 Å². The van der Waals surface area contributed by atoms with Crippen molar-refractivity contribution in [2.24, 2.45) is 0 Å². The van der Waals surface area contributed by atoms with E-state index in [9.17, 15) is 13.2 Å². The third-order valence-corrected chi connectivity index (χ3v) is 4.70. The fourth-order valence-electron chi connectivity index (χ4n) is 2.86. The predicted molar refractivity (Wildman–Crippen MR) is 99.3 cm³/mol. The van der Waals surface area contributed by atoms with Crippen LogP contribution in [0.2, 0.25) is 0 Å². The van der Waals surface area contributed by atoms with Crippen molar-refractivity contribution in [1.82, 2.24) is 4.90 Å². The first-order valence-electron chi connectivity index (χ1n) is 8.39. The van der Waals surface area contributed by atoms with Gasteiger partial charge < -0.3 is 14.4 Å². The Labute approximate surface area is 158 Å². The van der Waals surface area contributed by atoms with Crippen molar-refractivity contribution in [2.45, 2.75) is 19.1 Å². The molecule has 2 aromatic rings. The van der Waals surface area contributed by atoms with Crippen molar-refractivity contribution >= 4 is 16.0 Å². The Morgan fingerprint density at radius 3 is 2.11 bits per heavy atom. The maximum absolute atomic E-state index is 12.1. The van der Waals surface area contributed by atoms with E-state index in [4.69, 9.17) is 13.7 Å². The lowest BCUT2D eigenvalue weighted by atomic mass is 10.2. The summed E-state index contributed by atoms with van der Waals surface area (Å²) in [5, 5.41) is 0. The lowest BCUT2D eigenvalue weighted by molar-refractivity contribution is -0.128. The topological polar surface area (TPSA) is 82.1 Å². The first-order chi connectivity index (χ1) is 12.8. The van der Waals surface area contributed by atoms with Gasteiger partial charge in [-0.25, -0.2) is 0 Å². The van der Waals surface area contributed by atoms with Gasteiger partial charge in [-0.3, -0.25) is 8.98 Å². The van der Waals surface area contributed by atoms with Gasteiger partial charge in [0.15, 0.2) is 0 Å². The van der Waals surface area contributed by atoms with E-state index in [0.29, 0.717) is 18.0 Å². The molecule has 0 N–H and O–H groups in total. The van der Waals surface area contributed by atoms with Crippen molar-refractivity contribution < 1.29 is 26.9 Å².